The maximum Gasteiger partial charge on any atom is 0.417 e. The number of nitrogens with zero attached hydrogens (tertiary/aromatic N) is 6. The molecule has 0 bridgehead atoms. The second-order valence-corrected chi connectivity index (χ2v) is 10.3. The molecule has 4 rings (SSSR count). The molecule has 43 heavy (non-hydrogen) atoms. The standard InChI is InChI=1S/C28H36F3N9O3/c1-38(2)9-3-4-20(41)5-6-25(42)34-8-7-33-16-19-14-23-27(39-10-12-43-13-11-39)36-26(37-40(23)18-19)21-17-35-24(32)15-22(21)28(29,30)31/h3-4,14-15,17-18,33H,5-13,16H2,1-2H3,(H2,32,35)(H,34,42)/b4-3+. The number of alkyl halides is 3. The number of carbonyl (C=O) groups is 2. The SMILES string of the molecule is CN(C)C/C=C/C(=O)CCC(=O)NCCNCc1cc2c(N3CCOCC3)nc(-c3cnc(N)cc3C(F)(F)F)nn2c1. The van der Waals surface area contributed by atoms with Crippen LogP contribution in [0.5, 0.6) is 0 Å². The molecule has 1 aliphatic rings. The highest BCUT2D eigenvalue weighted by Gasteiger charge is 2.35. The molecule has 0 radical (unpaired) electrons. The molecule has 0 saturated carbocycles. The smallest absolute Gasteiger partial charge is 0.384 e. The summed E-state index contributed by atoms with van der Waals surface area (Å²) in [7, 11) is 3.80. The van der Waals surface area contributed by atoms with Crippen molar-refractivity contribution in [2.45, 2.75) is 25.6 Å². The molecule has 0 aliphatic carbocycles. The summed E-state index contributed by atoms with van der Waals surface area (Å²) in [6.07, 6.45) is 1.61. The van der Waals surface area contributed by atoms with E-state index in [-0.39, 0.29) is 41.7 Å². The number of carbonyl (C=O) groups excluding carboxylic acids is 2. The average molecular weight is 604 g/mol. The van der Waals surface area contributed by atoms with Crippen molar-refractivity contribution in [3.8, 4) is 11.4 Å². The molecule has 3 aromatic heterocycles. The number of ether oxygens (including phenoxy) is 1. The number of fused-ring (bicyclic) bond motifs is 1. The predicted molar refractivity (Wildman–Crippen MR) is 155 cm³/mol. The first-order valence-electron chi connectivity index (χ1n) is 13.9. The summed E-state index contributed by atoms with van der Waals surface area (Å²) in [4.78, 5) is 36.2. The van der Waals surface area contributed by atoms with Gasteiger partial charge in [0.1, 0.15) is 11.3 Å². The summed E-state index contributed by atoms with van der Waals surface area (Å²) in [5, 5.41) is 10.4. The van der Waals surface area contributed by atoms with Gasteiger partial charge >= 0.3 is 6.18 Å². The Bertz CT molecular complexity index is 1450. The van der Waals surface area contributed by atoms with Crippen molar-refractivity contribution in [1.29, 1.82) is 0 Å². The molecule has 0 aromatic carbocycles. The predicted octanol–water partition coefficient (Wildman–Crippen LogP) is 1.90. The molecule has 12 nitrogen and oxygen atoms in total. The Balaban J connectivity index is 1.41. The van der Waals surface area contributed by atoms with E-state index in [9.17, 15) is 22.8 Å². The molecule has 0 unspecified atom stereocenters. The number of anilines is 2. The Hall–Kier alpha value is -4.08. The number of morpholine rings is 1. The molecule has 15 heteroatoms. The molecule has 0 spiro atoms. The summed E-state index contributed by atoms with van der Waals surface area (Å²) in [6.45, 7) is 3.88. The molecule has 232 valence electrons. The highest BCUT2D eigenvalue weighted by molar-refractivity contribution is 5.92. The van der Waals surface area contributed by atoms with Crippen LogP contribution in [0.4, 0.5) is 24.8 Å². The van der Waals surface area contributed by atoms with Gasteiger partial charge in [-0.2, -0.15) is 13.2 Å². The lowest BCUT2D eigenvalue weighted by Crippen LogP contribution is -2.37. The third-order valence-electron chi connectivity index (χ3n) is 6.61. The summed E-state index contributed by atoms with van der Waals surface area (Å²) >= 11 is 0. The van der Waals surface area contributed by atoms with Crippen molar-refractivity contribution in [3.63, 3.8) is 0 Å². The lowest BCUT2D eigenvalue weighted by molar-refractivity contribution is -0.137. The van der Waals surface area contributed by atoms with Gasteiger partial charge in [0, 0.05) is 64.5 Å². The number of nitrogen functional groups attached to an aromatic ring is 1. The number of nitrogens with two attached hydrogens (primary N) is 1. The van der Waals surface area contributed by atoms with E-state index < -0.39 is 11.7 Å². The normalized spacial score (nSPS) is 14.2. The Kier molecular flexibility index (Phi) is 10.7. The zero-order valence-electron chi connectivity index (χ0n) is 24.2. The highest BCUT2D eigenvalue weighted by Crippen LogP contribution is 2.37. The van der Waals surface area contributed by atoms with E-state index in [4.69, 9.17) is 10.5 Å². The molecular formula is C28H36F3N9O3. The fraction of sp³-hybridized carbons (Fsp3) is 0.464. The van der Waals surface area contributed by atoms with Crippen LogP contribution in [0.1, 0.15) is 24.0 Å². The number of halogens is 3. The molecule has 1 aliphatic heterocycles. The second-order valence-electron chi connectivity index (χ2n) is 10.3. The number of rotatable bonds is 13. The fourth-order valence-corrected chi connectivity index (χ4v) is 4.47. The molecule has 1 fully saturated rings. The van der Waals surface area contributed by atoms with Crippen LogP contribution >= 0.6 is 0 Å². The third kappa shape index (κ3) is 8.95. The van der Waals surface area contributed by atoms with Gasteiger partial charge in [0.2, 0.25) is 5.91 Å². The van der Waals surface area contributed by atoms with E-state index in [0.29, 0.717) is 63.8 Å². The molecule has 4 N–H and O–H groups in total. The lowest BCUT2D eigenvalue weighted by atomic mass is 10.1. The summed E-state index contributed by atoms with van der Waals surface area (Å²) in [5.41, 5.74) is 5.78. The van der Waals surface area contributed by atoms with E-state index in [1.165, 1.54) is 10.6 Å². The Labute approximate surface area is 247 Å². The highest BCUT2D eigenvalue weighted by atomic mass is 19.4. The maximum absolute atomic E-state index is 13.9. The van der Waals surface area contributed by atoms with Crippen molar-refractivity contribution in [2.24, 2.45) is 0 Å². The quantitative estimate of drug-likeness (QED) is 0.196. The van der Waals surface area contributed by atoms with Crippen LogP contribution in [0, 0.1) is 0 Å². The minimum Gasteiger partial charge on any atom is -0.384 e. The molecule has 1 saturated heterocycles. The van der Waals surface area contributed by atoms with Crippen LogP contribution in [0.25, 0.3) is 16.9 Å². The van der Waals surface area contributed by atoms with Crippen LogP contribution in [0.2, 0.25) is 0 Å². The van der Waals surface area contributed by atoms with Gasteiger partial charge in [-0.1, -0.05) is 6.08 Å². The van der Waals surface area contributed by atoms with Crippen LogP contribution in [-0.2, 0) is 27.0 Å². The van der Waals surface area contributed by atoms with Gasteiger partial charge < -0.3 is 30.9 Å². The van der Waals surface area contributed by atoms with Gasteiger partial charge in [-0.15, -0.1) is 5.10 Å². The minimum absolute atomic E-state index is 0.0964. The first-order chi connectivity index (χ1) is 20.5. The van der Waals surface area contributed by atoms with Crippen molar-refractivity contribution < 1.29 is 27.5 Å². The van der Waals surface area contributed by atoms with Gasteiger partial charge in [-0.05, 0) is 37.9 Å². The van der Waals surface area contributed by atoms with Crippen molar-refractivity contribution in [3.05, 3.63) is 47.8 Å². The van der Waals surface area contributed by atoms with Crippen LogP contribution < -0.4 is 21.3 Å². The number of allylic oxidation sites excluding steroid dienone is 1. The Morgan fingerprint density at radius 3 is 2.65 bits per heavy atom. The average Bonchev–Trinajstić information content (AvgIpc) is 3.38. The largest absolute Gasteiger partial charge is 0.417 e. The Morgan fingerprint density at radius 2 is 1.93 bits per heavy atom. The van der Waals surface area contributed by atoms with Crippen molar-refractivity contribution in [2.75, 3.05) is 70.7 Å². The molecular weight excluding hydrogens is 567 g/mol. The van der Waals surface area contributed by atoms with Crippen LogP contribution in [-0.4, -0.2) is 96.2 Å². The number of nitrogens with one attached hydrogen (secondary N) is 2. The van der Waals surface area contributed by atoms with Gasteiger partial charge in [0.25, 0.3) is 0 Å². The zero-order chi connectivity index (χ0) is 31.0. The zero-order valence-corrected chi connectivity index (χ0v) is 24.2. The van der Waals surface area contributed by atoms with E-state index in [1.54, 1.807) is 12.3 Å². The first-order valence-corrected chi connectivity index (χ1v) is 13.9. The minimum atomic E-state index is -4.68. The third-order valence-corrected chi connectivity index (χ3v) is 6.61. The van der Waals surface area contributed by atoms with Crippen LogP contribution in [0.3, 0.4) is 0 Å². The van der Waals surface area contributed by atoms with Gasteiger partial charge in [0.15, 0.2) is 17.4 Å². The maximum atomic E-state index is 13.9. The number of hydrogen-bond donors (Lipinski definition) is 3. The lowest BCUT2D eigenvalue weighted by Gasteiger charge is -2.28. The molecule has 4 heterocycles. The van der Waals surface area contributed by atoms with E-state index in [0.717, 1.165) is 17.8 Å². The topological polar surface area (TPSA) is 143 Å². The van der Waals surface area contributed by atoms with Gasteiger partial charge in [-0.25, -0.2) is 14.5 Å². The van der Waals surface area contributed by atoms with Crippen molar-refractivity contribution >= 4 is 28.8 Å². The first kappa shape index (κ1) is 31.8. The second kappa shape index (κ2) is 14.4. The number of hydrogen-bond acceptors (Lipinski definition) is 10. The summed E-state index contributed by atoms with van der Waals surface area (Å²) < 4.78 is 48.5. The van der Waals surface area contributed by atoms with Gasteiger partial charge in [0.05, 0.1) is 24.3 Å². The number of aromatic nitrogens is 4. The summed E-state index contributed by atoms with van der Waals surface area (Å²) in [5.74, 6) is -0.196. The summed E-state index contributed by atoms with van der Waals surface area (Å²) in [6, 6.07) is 2.66. The van der Waals surface area contributed by atoms with Crippen LogP contribution in [0.15, 0.2) is 36.7 Å². The monoisotopic (exact) mass is 603 g/mol. The van der Waals surface area contributed by atoms with Crippen molar-refractivity contribution in [1.82, 2.24) is 35.1 Å². The molecule has 3 aromatic rings. The number of pyridine rings is 1. The number of likely N-dealkylation sites (N-methyl/N-ethyl adjacent to an activating group) is 1. The molecule has 0 atom stereocenters. The van der Waals surface area contributed by atoms with Gasteiger partial charge in [-0.3, -0.25) is 9.59 Å². The van der Waals surface area contributed by atoms with E-state index in [2.05, 4.69) is 25.7 Å². The molecule has 1 amide bonds. The number of amides is 1. The van der Waals surface area contributed by atoms with E-state index >= 15 is 0 Å². The van der Waals surface area contributed by atoms with E-state index in [1.807, 2.05) is 30.0 Å². The fourth-order valence-electron chi connectivity index (χ4n) is 4.47. The number of ketones is 1. The Morgan fingerprint density at radius 1 is 1.16 bits per heavy atom.